The zero-order chi connectivity index (χ0) is 27.0. The van der Waals surface area contributed by atoms with Crippen LogP contribution in [0.15, 0.2) is 30.5 Å². The summed E-state index contributed by atoms with van der Waals surface area (Å²) < 4.78 is 0. The van der Waals surface area contributed by atoms with Crippen LogP contribution < -0.4 is 21.7 Å². The number of aromatic amines is 1. The molecule has 0 radical (unpaired) electrons. The first-order valence-electron chi connectivity index (χ1n) is 11.7. The van der Waals surface area contributed by atoms with Crippen molar-refractivity contribution in [3.05, 3.63) is 36.0 Å². The Hall–Kier alpha value is -3.48. The van der Waals surface area contributed by atoms with Gasteiger partial charge < -0.3 is 42.0 Å². The molecule has 1 aromatic carbocycles. The minimum Gasteiger partial charge on any atom is -0.480 e. The molecule has 0 aliphatic rings. The maximum absolute atomic E-state index is 12.8. The molecule has 0 aliphatic carbocycles. The molecule has 2 aromatic rings. The summed E-state index contributed by atoms with van der Waals surface area (Å²) in [6.45, 7) is 3.91. The van der Waals surface area contributed by atoms with Crippen molar-refractivity contribution >= 4 is 34.6 Å². The van der Waals surface area contributed by atoms with Gasteiger partial charge in [0.05, 0.1) is 18.8 Å². The molecule has 6 unspecified atom stereocenters. The first kappa shape index (κ1) is 28.8. The molecule has 0 spiro atoms. The van der Waals surface area contributed by atoms with E-state index in [1.807, 2.05) is 24.3 Å². The molecule has 2 rings (SSSR count). The smallest absolute Gasteiger partial charge is 0.328 e. The monoisotopic (exact) mass is 505 g/mol. The lowest BCUT2D eigenvalue weighted by atomic mass is 9.97. The fraction of sp³-hybridized carbons (Fsp3) is 0.500. The molecule has 9 N–H and O–H groups in total. The van der Waals surface area contributed by atoms with Gasteiger partial charge in [-0.05, 0) is 30.9 Å². The van der Waals surface area contributed by atoms with E-state index in [0.29, 0.717) is 6.42 Å². The number of aliphatic carboxylic acids is 1. The van der Waals surface area contributed by atoms with Crippen LogP contribution in [0.1, 0.15) is 32.8 Å². The molecule has 0 bridgehead atoms. The highest BCUT2D eigenvalue weighted by atomic mass is 16.4. The molecule has 6 atom stereocenters. The van der Waals surface area contributed by atoms with Gasteiger partial charge in [0, 0.05) is 17.1 Å². The van der Waals surface area contributed by atoms with Gasteiger partial charge in [-0.25, -0.2) is 4.79 Å². The standard InChI is InChI=1S/C24H35N5O7/c1-4-12(2)19(23(34)29-20(13(3)31)24(35)36)28-22(33)18(11-30)27-21(32)16(25)9-14-10-26-17-8-6-5-7-15(14)17/h5-8,10,12-13,16,18-20,26,30-31H,4,9,11,25H2,1-3H3,(H,27,32)(H,28,33)(H,29,34)(H,35,36). The number of carbonyl (C=O) groups is 4. The summed E-state index contributed by atoms with van der Waals surface area (Å²) in [5.41, 5.74) is 7.76. The van der Waals surface area contributed by atoms with Crippen molar-refractivity contribution in [3.8, 4) is 0 Å². The predicted octanol–water partition coefficient (Wildman–Crippen LogP) is -1.00. The van der Waals surface area contributed by atoms with Crippen LogP contribution in [0.3, 0.4) is 0 Å². The Morgan fingerprint density at radius 1 is 1.00 bits per heavy atom. The number of H-pyrrole nitrogens is 1. The number of aromatic nitrogens is 1. The number of nitrogens with two attached hydrogens (primary N) is 1. The van der Waals surface area contributed by atoms with Gasteiger partial charge in [-0.2, -0.15) is 0 Å². The lowest BCUT2D eigenvalue weighted by molar-refractivity contribution is -0.145. The molecule has 198 valence electrons. The van der Waals surface area contributed by atoms with Crippen LogP contribution in [0.4, 0.5) is 0 Å². The Balaban J connectivity index is 2.06. The molecule has 12 heteroatoms. The summed E-state index contributed by atoms with van der Waals surface area (Å²) >= 11 is 0. The number of aliphatic hydroxyl groups excluding tert-OH is 2. The molecule has 0 fully saturated rings. The predicted molar refractivity (Wildman–Crippen MR) is 132 cm³/mol. The van der Waals surface area contributed by atoms with Gasteiger partial charge in [-0.15, -0.1) is 0 Å². The number of carbonyl (C=O) groups excluding carboxylic acids is 3. The normalized spacial score (nSPS) is 16.3. The van der Waals surface area contributed by atoms with Crippen LogP contribution in [0.25, 0.3) is 10.9 Å². The van der Waals surface area contributed by atoms with Crippen molar-refractivity contribution in [2.75, 3.05) is 6.61 Å². The number of para-hydroxylation sites is 1. The molecule has 12 nitrogen and oxygen atoms in total. The largest absolute Gasteiger partial charge is 0.480 e. The van der Waals surface area contributed by atoms with Gasteiger partial charge in [0.15, 0.2) is 6.04 Å². The minimum absolute atomic E-state index is 0.184. The quantitative estimate of drug-likeness (QED) is 0.169. The van der Waals surface area contributed by atoms with E-state index in [0.717, 1.165) is 16.5 Å². The third-order valence-electron chi connectivity index (χ3n) is 6.11. The molecule has 0 saturated carbocycles. The van der Waals surface area contributed by atoms with E-state index < -0.39 is 66.5 Å². The molecule has 36 heavy (non-hydrogen) atoms. The van der Waals surface area contributed by atoms with Gasteiger partial charge in [-0.1, -0.05) is 38.5 Å². The van der Waals surface area contributed by atoms with Crippen LogP contribution in [-0.4, -0.2) is 80.9 Å². The van der Waals surface area contributed by atoms with Crippen LogP contribution >= 0.6 is 0 Å². The second-order valence-electron chi connectivity index (χ2n) is 8.85. The highest BCUT2D eigenvalue weighted by Gasteiger charge is 2.34. The zero-order valence-corrected chi connectivity index (χ0v) is 20.5. The molecule has 0 aliphatic heterocycles. The number of aliphatic hydroxyl groups is 2. The van der Waals surface area contributed by atoms with Crippen molar-refractivity contribution in [1.29, 1.82) is 0 Å². The SMILES string of the molecule is CCC(C)C(NC(=O)C(CO)NC(=O)C(N)Cc1c[nH]c2ccccc12)C(=O)NC(C(=O)O)C(C)O. The summed E-state index contributed by atoms with van der Waals surface area (Å²) in [6, 6.07) is 2.37. The number of carboxylic acids is 1. The van der Waals surface area contributed by atoms with Gasteiger partial charge in [-0.3, -0.25) is 14.4 Å². The topological polar surface area (TPSA) is 207 Å². The van der Waals surface area contributed by atoms with Crippen molar-refractivity contribution in [2.24, 2.45) is 11.7 Å². The first-order chi connectivity index (χ1) is 17.0. The fourth-order valence-corrected chi connectivity index (χ4v) is 3.69. The summed E-state index contributed by atoms with van der Waals surface area (Å²) in [5, 5.41) is 36.6. The number of hydrogen-bond donors (Lipinski definition) is 8. The maximum atomic E-state index is 12.8. The van der Waals surface area contributed by atoms with Crippen molar-refractivity contribution in [1.82, 2.24) is 20.9 Å². The fourth-order valence-electron chi connectivity index (χ4n) is 3.69. The average molecular weight is 506 g/mol. The third-order valence-corrected chi connectivity index (χ3v) is 6.11. The minimum atomic E-state index is -1.57. The molecule has 0 saturated heterocycles. The van der Waals surface area contributed by atoms with E-state index in [2.05, 4.69) is 20.9 Å². The van der Waals surface area contributed by atoms with E-state index in [1.54, 1.807) is 20.0 Å². The second kappa shape index (κ2) is 13.0. The second-order valence-corrected chi connectivity index (χ2v) is 8.85. The Morgan fingerprint density at radius 2 is 1.64 bits per heavy atom. The van der Waals surface area contributed by atoms with Crippen LogP contribution in [0.2, 0.25) is 0 Å². The van der Waals surface area contributed by atoms with Crippen molar-refractivity contribution < 1.29 is 34.5 Å². The first-order valence-corrected chi connectivity index (χ1v) is 11.7. The van der Waals surface area contributed by atoms with E-state index in [-0.39, 0.29) is 6.42 Å². The average Bonchev–Trinajstić information content (AvgIpc) is 3.25. The van der Waals surface area contributed by atoms with Crippen LogP contribution in [0.5, 0.6) is 0 Å². The van der Waals surface area contributed by atoms with Gasteiger partial charge in [0.1, 0.15) is 12.1 Å². The highest BCUT2D eigenvalue weighted by Crippen LogP contribution is 2.18. The van der Waals surface area contributed by atoms with E-state index in [1.165, 1.54) is 6.92 Å². The molecular formula is C24H35N5O7. The summed E-state index contributed by atoms with van der Waals surface area (Å²) in [4.78, 5) is 52.7. The van der Waals surface area contributed by atoms with E-state index in [9.17, 15) is 34.5 Å². The Bertz CT molecular complexity index is 1070. The Kier molecular flexibility index (Phi) is 10.4. The van der Waals surface area contributed by atoms with Gasteiger partial charge in [0.25, 0.3) is 0 Å². The molecule has 1 heterocycles. The Morgan fingerprint density at radius 3 is 2.22 bits per heavy atom. The van der Waals surface area contributed by atoms with Gasteiger partial charge in [0.2, 0.25) is 17.7 Å². The van der Waals surface area contributed by atoms with E-state index in [4.69, 9.17) is 5.73 Å². The summed E-state index contributed by atoms with van der Waals surface area (Å²) in [6.07, 6.45) is 1.02. The summed E-state index contributed by atoms with van der Waals surface area (Å²) in [5.74, 6) is -4.17. The number of carboxylic acid groups (broad SMARTS) is 1. The number of fused-ring (bicyclic) bond motifs is 1. The van der Waals surface area contributed by atoms with E-state index >= 15 is 0 Å². The number of benzene rings is 1. The number of amides is 3. The molecular weight excluding hydrogens is 470 g/mol. The Labute approximate surface area is 208 Å². The van der Waals surface area contributed by atoms with Crippen LogP contribution in [-0.2, 0) is 25.6 Å². The maximum Gasteiger partial charge on any atom is 0.328 e. The van der Waals surface area contributed by atoms with Crippen LogP contribution in [0, 0.1) is 5.92 Å². The lowest BCUT2D eigenvalue weighted by Gasteiger charge is -2.28. The lowest BCUT2D eigenvalue weighted by Crippen LogP contribution is -2.60. The molecule has 1 aromatic heterocycles. The highest BCUT2D eigenvalue weighted by molar-refractivity contribution is 5.94. The number of hydrogen-bond acceptors (Lipinski definition) is 7. The van der Waals surface area contributed by atoms with Crippen molar-refractivity contribution in [2.45, 2.75) is 63.9 Å². The molecule has 3 amide bonds. The number of nitrogens with one attached hydrogen (secondary N) is 4. The third kappa shape index (κ3) is 7.26. The summed E-state index contributed by atoms with van der Waals surface area (Å²) in [7, 11) is 0. The van der Waals surface area contributed by atoms with Crippen molar-refractivity contribution in [3.63, 3.8) is 0 Å². The number of rotatable bonds is 13. The zero-order valence-electron chi connectivity index (χ0n) is 20.5. The van der Waals surface area contributed by atoms with Gasteiger partial charge >= 0.3 is 5.97 Å².